The summed E-state index contributed by atoms with van der Waals surface area (Å²) in [6, 6.07) is 0. The second-order valence-corrected chi connectivity index (χ2v) is 4.35. The fourth-order valence-corrected chi connectivity index (χ4v) is 1.00. The van der Waals surface area contributed by atoms with E-state index in [9.17, 15) is 4.57 Å². The number of allylic oxidation sites excluding steroid dienone is 1. The van der Waals surface area contributed by atoms with Gasteiger partial charge in [-0.3, -0.25) is 4.52 Å². The maximum absolute atomic E-state index is 10.4. The molecule has 0 radical (unpaired) electrons. The van der Waals surface area contributed by atoms with Crippen LogP contribution in [0.25, 0.3) is 0 Å². The summed E-state index contributed by atoms with van der Waals surface area (Å²) in [5.74, 6) is 0. The Kier molecular flexibility index (Phi) is 4.64. The molecule has 2 N–H and O–H groups in total. The van der Waals surface area contributed by atoms with Gasteiger partial charge in [0.15, 0.2) is 0 Å². The molecule has 0 heterocycles. The van der Waals surface area contributed by atoms with Crippen LogP contribution in [0.4, 0.5) is 0 Å². The molecule has 0 aromatic heterocycles. The molecule has 6 heteroatoms. The van der Waals surface area contributed by atoms with Crippen molar-refractivity contribution in [1.82, 2.24) is 0 Å². The minimum absolute atomic E-state index is 0.165. The van der Waals surface area contributed by atoms with Crippen LogP contribution in [-0.4, -0.2) is 22.0 Å². The van der Waals surface area contributed by atoms with Gasteiger partial charge in [0.1, 0.15) is 5.60 Å². The summed E-state index contributed by atoms with van der Waals surface area (Å²) in [6.45, 7) is 4.95. The normalized spacial score (nSPS) is 13.6. The zero-order valence-corrected chi connectivity index (χ0v) is 8.82. The smallest absolute Gasteiger partial charge is 0.469 e. The summed E-state index contributed by atoms with van der Waals surface area (Å²) in [6.07, 6.45) is 3.13. The first-order valence-electron chi connectivity index (χ1n) is 3.76. The van der Waals surface area contributed by atoms with Crippen molar-refractivity contribution in [3.05, 3.63) is 12.3 Å². The molecular formula is C7H15O5P. The summed E-state index contributed by atoms with van der Waals surface area (Å²) in [5.41, 5.74) is -0.742. The van der Waals surface area contributed by atoms with Gasteiger partial charge in [-0.1, -0.05) is 6.08 Å². The third-order valence-corrected chi connectivity index (χ3v) is 1.57. The Morgan fingerprint density at radius 1 is 1.46 bits per heavy atom. The lowest BCUT2D eigenvalue weighted by atomic mass is 10.2. The zero-order valence-electron chi connectivity index (χ0n) is 7.93. The van der Waals surface area contributed by atoms with Gasteiger partial charge in [-0.15, -0.1) is 0 Å². The number of rotatable bonds is 5. The van der Waals surface area contributed by atoms with Gasteiger partial charge in [0.05, 0.1) is 12.9 Å². The second-order valence-electron chi connectivity index (χ2n) is 3.11. The second kappa shape index (κ2) is 4.77. The monoisotopic (exact) mass is 210 g/mol. The van der Waals surface area contributed by atoms with Crippen LogP contribution in [0.3, 0.4) is 0 Å². The molecule has 0 amide bonds. The minimum Gasteiger partial charge on any atom is -0.493 e. The third-order valence-electron chi connectivity index (χ3n) is 1.10. The van der Waals surface area contributed by atoms with Crippen molar-refractivity contribution in [2.45, 2.75) is 26.4 Å². The fraction of sp³-hybridized carbons (Fsp3) is 0.714. The van der Waals surface area contributed by atoms with Crippen LogP contribution in [0.5, 0.6) is 0 Å². The van der Waals surface area contributed by atoms with Gasteiger partial charge in [-0.2, -0.15) is 0 Å². The van der Waals surface area contributed by atoms with Crippen LogP contribution in [0.2, 0.25) is 0 Å². The lowest BCUT2D eigenvalue weighted by Crippen LogP contribution is -2.28. The van der Waals surface area contributed by atoms with Crippen LogP contribution >= 0.6 is 7.82 Å². The first kappa shape index (κ1) is 12.7. The maximum Gasteiger partial charge on any atom is 0.469 e. The fourth-order valence-electron chi connectivity index (χ4n) is 0.526. The van der Waals surface area contributed by atoms with Crippen molar-refractivity contribution in [3.8, 4) is 0 Å². The van der Waals surface area contributed by atoms with Crippen LogP contribution < -0.4 is 0 Å². The first-order chi connectivity index (χ1) is 5.77. The van der Waals surface area contributed by atoms with Gasteiger partial charge in [0.25, 0.3) is 0 Å². The highest BCUT2D eigenvalue weighted by molar-refractivity contribution is 7.46. The minimum atomic E-state index is -4.40. The summed E-state index contributed by atoms with van der Waals surface area (Å²) in [4.78, 5) is 16.8. The molecule has 0 aromatic carbocycles. The van der Waals surface area contributed by atoms with Crippen LogP contribution in [0, 0.1) is 0 Å². The molecular weight excluding hydrogens is 195 g/mol. The predicted molar refractivity (Wildman–Crippen MR) is 48.0 cm³/mol. The standard InChI is InChI=1S/C7H15O5P/c1-4-5-11-7(2,3)6-12-13(8,9)10/h4-5H,6H2,1-3H3,(H2,8,9,10). The first-order valence-corrected chi connectivity index (χ1v) is 5.29. The van der Waals surface area contributed by atoms with E-state index in [0.29, 0.717) is 0 Å². The quantitative estimate of drug-likeness (QED) is 0.530. The van der Waals surface area contributed by atoms with Crippen LogP contribution in [-0.2, 0) is 13.8 Å². The highest BCUT2D eigenvalue weighted by Crippen LogP contribution is 2.37. The van der Waals surface area contributed by atoms with Crippen molar-refractivity contribution in [1.29, 1.82) is 0 Å². The van der Waals surface area contributed by atoms with E-state index in [-0.39, 0.29) is 6.61 Å². The Bertz CT molecular complexity index is 217. The Labute approximate surface area is 77.6 Å². The van der Waals surface area contributed by atoms with E-state index in [0.717, 1.165) is 0 Å². The molecule has 78 valence electrons. The molecule has 0 aliphatic rings. The summed E-state index contributed by atoms with van der Waals surface area (Å²) >= 11 is 0. The molecule has 0 saturated carbocycles. The van der Waals surface area contributed by atoms with Crippen molar-refractivity contribution in [3.63, 3.8) is 0 Å². The number of hydrogen-bond acceptors (Lipinski definition) is 3. The summed E-state index contributed by atoms with van der Waals surface area (Å²) in [7, 11) is -4.40. The maximum atomic E-state index is 10.4. The Balaban J connectivity index is 3.96. The Morgan fingerprint density at radius 3 is 2.38 bits per heavy atom. The van der Waals surface area contributed by atoms with Crippen LogP contribution in [0.15, 0.2) is 12.3 Å². The lowest BCUT2D eigenvalue weighted by Gasteiger charge is -2.23. The van der Waals surface area contributed by atoms with Gasteiger partial charge in [0.2, 0.25) is 0 Å². The van der Waals surface area contributed by atoms with Gasteiger partial charge in [-0.25, -0.2) is 4.57 Å². The van der Waals surface area contributed by atoms with Crippen molar-refractivity contribution in [2.75, 3.05) is 6.61 Å². The third kappa shape index (κ3) is 7.99. The van der Waals surface area contributed by atoms with E-state index in [4.69, 9.17) is 14.5 Å². The lowest BCUT2D eigenvalue weighted by molar-refractivity contribution is 0.00276. The Morgan fingerprint density at radius 2 is 2.00 bits per heavy atom. The van der Waals surface area contributed by atoms with Crippen molar-refractivity contribution in [2.24, 2.45) is 0 Å². The SMILES string of the molecule is CC=COC(C)(C)COP(=O)(O)O. The van der Waals surface area contributed by atoms with E-state index < -0.39 is 13.4 Å². The van der Waals surface area contributed by atoms with Crippen molar-refractivity contribution < 1.29 is 23.6 Å². The highest BCUT2D eigenvalue weighted by Gasteiger charge is 2.24. The summed E-state index contributed by atoms with van der Waals surface area (Å²) in [5, 5.41) is 0. The topological polar surface area (TPSA) is 76.0 Å². The van der Waals surface area contributed by atoms with Gasteiger partial charge in [-0.05, 0) is 20.8 Å². The molecule has 0 aliphatic carbocycles. The predicted octanol–water partition coefficient (Wildman–Crippen LogP) is 1.42. The molecule has 0 spiro atoms. The van der Waals surface area contributed by atoms with E-state index in [2.05, 4.69) is 4.52 Å². The van der Waals surface area contributed by atoms with E-state index in [1.165, 1.54) is 6.26 Å². The largest absolute Gasteiger partial charge is 0.493 e. The molecule has 13 heavy (non-hydrogen) atoms. The number of ether oxygens (including phenoxy) is 1. The van der Waals surface area contributed by atoms with Crippen LogP contribution in [0.1, 0.15) is 20.8 Å². The molecule has 0 aliphatic heterocycles. The number of hydrogen-bond donors (Lipinski definition) is 2. The van der Waals surface area contributed by atoms with E-state index >= 15 is 0 Å². The van der Waals surface area contributed by atoms with Gasteiger partial charge >= 0.3 is 7.82 Å². The summed E-state index contributed by atoms with van der Waals surface area (Å²) < 4.78 is 19.8. The number of phosphoric ester groups is 1. The highest BCUT2D eigenvalue weighted by atomic mass is 31.2. The molecule has 0 unspecified atom stereocenters. The average molecular weight is 210 g/mol. The molecule has 0 bridgehead atoms. The molecule has 0 atom stereocenters. The molecule has 0 rings (SSSR count). The zero-order chi connectivity index (χ0) is 10.5. The van der Waals surface area contributed by atoms with Gasteiger partial charge < -0.3 is 14.5 Å². The van der Waals surface area contributed by atoms with Gasteiger partial charge in [0, 0.05) is 0 Å². The average Bonchev–Trinajstić information content (AvgIpc) is 1.97. The van der Waals surface area contributed by atoms with E-state index in [1.807, 2.05) is 0 Å². The molecule has 5 nitrogen and oxygen atoms in total. The van der Waals surface area contributed by atoms with E-state index in [1.54, 1.807) is 26.8 Å². The Hall–Kier alpha value is -0.350. The molecule has 0 aromatic rings. The molecule has 0 fully saturated rings. The number of phosphoric acid groups is 1. The van der Waals surface area contributed by atoms with Crippen molar-refractivity contribution >= 4 is 7.82 Å². The molecule has 0 saturated heterocycles.